The summed E-state index contributed by atoms with van der Waals surface area (Å²) < 4.78 is 21.3. The molecule has 0 saturated heterocycles. The third-order valence-corrected chi connectivity index (χ3v) is 6.06. The highest BCUT2D eigenvalue weighted by atomic mass is 31.1. The van der Waals surface area contributed by atoms with Gasteiger partial charge in [-0.1, -0.05) is 78.0 Å². The molecule has 0 atom stereocenters. The molecule has 0 unspecified atom stereocenters. The monoisotopic (exact) mass is 391 g/mol. The van der Waals surface area contributed by atoms with E-state index < -0.39 is 8.15 Å². The van der Waals surface area contributed by atoms with E-state index in [0.29, 0.717) is 13.2 Å². The SMILES string of the molecule is Fc1cccc(Cn2cc(COP(c3ccccc3)c3ccccc3)nn2)c1. The molecule has 0 fully saturated rings. The van der Waals surface area contributed by atoms with Crippen molar-refractivity contribution in [2.24, 2.45) is 0 Å². The zero-order valence-electron chi connectivity index (χ0n) is 15.1. The van der Waals surface area contributed by atoms with E-state index in [9.17, 15) is 4.39 Å². The topological polar surface area (TPSA) is 39.9 Å². The molecule has 140 valence electrons. The minimum atomic E-state index is -0.944. The van der Waals surface area contributed by atoms with Crippen LogP contribution in [0.5, 0.6) is 0 Å². The van der Waals surface area contributed by atoms with Gasteiger partial charge in [-0.3, -0.25) is 0 Å². The predicted molar refractivity (Wildman–Crippen MR) is 109 cm³/mol. The quantitative estimate of drug-likeness (QED) is 0.447. The first-order valence-corrected chi connectivity index (χ1v) is 10.2. The van der Waals surface area contributed by atoms with E-state index in [4.69, 9.17) is 4.52 Å². The standard InChI is InChI=1S/C22H19FN3OP/c23-19-9-7-8-18(14-19)15-26-16-20(24-25-26)17-27-28(21-10-3-1-4-11-21)22-12-5-2-6-13-22/h1-14,16H,15,17H2. The van der Waals surface area contributed by atoms with Crippen molar-refractivity contribution >= 4 is 18.8 Å². The van der Waals surface area contributed by atoms with Crippen LogP contribution in [0.4, 0.5) is 4.39 Å². The fourth-order valence-corrected chi connectivity index (χ4v) is 4.60. The fraction of sp³-hybridized carbons (Fsp3) is 0.0909. The molecule has 4 rings (SSSR count). The molecule has 0 radical (unpaired) electrons. The maximum atomic E-state index is 13.3. The summed E-state index contributed by atoms with van der Waals surface area (Å²) in [6, 6.07) is 26.9. The highest BCUT2D eigenvalue weighted by molar-refractivity contribution is 7.68. The molecule has 0 N–H and O–H groups in total. The van der Waals surface area contributed by atoms with Crippen molar-refractivity contribution in [3.05, 3.63) is 108 Å². The third-order valence-electron chi connectivity index (χ3n) is 4.14. The van der Waals surface area contributed by atoms with Crippen molar-refractivity contribution in [2.75, 3.05) is 0 Å². The average molecular weight is 391 g/mol. The summed E-state index contributed by atoms with van der Waals surface area (Å²) in [7, 11) is -0.944. The van der Waals surface area contributed by atoms with Gasteiger partial charge >= 0.3 is 0 Å². The molecule has 1 aromatic heterocycles. The molecule has 0 aliphatic heterocycles. The molecule has 1 heterocycles. The van der Waals surface area contributed by atoms with Crippen LogP contribution < -0.4 is 10.6 Å². The first kappa shape index (κ1) is 18.5. The molecule has 0 amide bonds. The molecule has 0 aliphatic carbocycles. The van der Waals surface area contributed by atoms with Gasteiger partial charge in [-0.15, -0.1) is 5.10 Å². The zero-order chi connectivity index (χ0) is 19.2. The van der Waals surface area contributed by atoms with Gasteiger partial charge < -0.3 is 4.52 Å². The molecule has 0 bridgehead atoms. The summed E-state index contributed by atoms with van der Waals surface area (Å²) in [5, 5.41) is 10.6. The first-order chi connectivity index (χ1) is 13.8. The lowest BCUT2D eigenvalue weighted by Crippen LogP contribution is -2.13. The fourth-order valence-electron chi connectivity index (χ4n) is 2.86. The van der Waals surface area contributed by atoms with E-state index in [0.717, 1.165) is 21.9 Å². The van der Waals surface area contributed by atoms with Crippen LogP contribution in [-0.2, 0) is 17.7 Å². The molecule has 0 aliphatic rings. The van der Waals surface area contributed by atoms with Gasteiger partial charge in [0.25, 0.3) is 0 Å². The van der Waals surface area contributed by atoms with Crippen LogP contribution in [0.25, 0.3) is 0 Å². The Hall–Kier alpha value is -2.88. The van der Waals surface area contributed by atoms with Crippen LogP contribution in [0.1, 0.15) is 11.3 Å². The second-order valence-corrected chi connectivity index (χ2v) is 8.16. The summed E-state index contributed by atoms with van der Waals surface area (Å²) >= 11 is 0. The Kier molecular flexibility index (Phi) is 5.86. The Morgan fingerprint density at radius 3 is 2.18 bits per heavy atom. The minimum Gasteiger partial charge on any atom is -0.343 e. The third kappa shape index (κ3) is 4.69. The van der Waals surface area contributed by atoms with Gasteiger partial charge in [0.1, 0.15) is 11.5 Å². The van der Waals surface area contributed by atoms with E-state index >= 15 is 0 Å². The Bertz CT molecular complexity index is 985. The van der Waals surface area contributed by atoms with Crippen molar-refractivity contribution in [3.8, 4) is 0 Å². The van der Waals surface area contributed by atoms with Crippen LogP contribution in [0.2, 0.25) is 0 Å². The summed E-state index contributed by atoms with van der Waals surface area (Å²) in [6.45, 7) is 0.829. The Labute approximate surface area is 164 Å². The second kappa shape index (κ2) is 8.87. The highest BCUT2D eigenvalue weighted by Gasteiger charge is 2.16. The molecule has 3 aromatic carbocycles. The van der Waals surface area contributed by atoms with Gasteiger partial charge in [0.2, 0.25) is 0 Å². The smallest absolute Gasteiger partial charge is 0.123 e. The van der Waals surface area contributed by atoms with Crippen LogP contribution in [0.3, 0.4) is 0 Å². The molecular weight excluding hydrogens is 372 g/mol. The van der Waals surface area contributed by atoms with E-state index in [1.54, 1.807) is 10.7 Å². The summed E-state index contributed by atoms with van der Waals surface area (Å²) in [5.74, 6) is -0.252. The Balaban J connectivity index is 1.47. The van der Waals surface area contributed by atoms with E-state index in [1.807, 2.05) is 48.7 Å². The molecule has 6 heteroatoms. The van der Waals surface area contributed by atoms with Crippen molar-refractivity contribution in [3.63, 3.8) is 0 Å². The molecular formula is C22H19FN3OP. The maximum absolute atomic E-state index is 13.3. The van der Waals surface area contributed by atoms with E-state index in [1.165, 1.54) is 12.1 Å². The van der Waals surface area contributed by atoms with Crippen molar-refractivity contribution < 1.29 is 8.91 Å². The van der Waals surface area contributed by atoms with Gasteiger partial charge in [0.05, 0.1) is 27.5 Å². The second-order valence-electron chi connectivity index (χ2n) is 6.28. The number of rotatable bonds is 7. The molecule has 0 saturated carbocycles. The van der Waals surface area contributed by atoms with E-state index in [-0.39, 0.29) is 5.82 Å². The molecule has 4 aromatic rings. The first-order valence-electron chi connectivity index (χ1n) is 8.94. The summed E-state index contributed by atoms with van der Waals surface area (Å²) in [5.41, 5.74) is 1.59. The molecule has 28 heavy (non-hydrogen) atoms. The van der Waals surface area contributed by atoms with Crippen LogP contribution in [0.15, 0.2) is 91.1 Å². The van der Waals surface area contributed by atoms with Crippen molar-refractivity contribution in [1.29, 1.82) is 0 Å². The van der Waals surface area contributed by atoms with Crippen LogP contribution in [-0.4, -0.2) is 15.0 Å². The lowest BCUT2D eigenvalue weighted by Gasteiger charge is -2.17. The average Bonchev–Trinajstić information content (AvgIpc) is 3.17. The maximum Gasteiger partial charge on any atom is 0.123 e. The number of hydrogen-bond acceptors (Lipinski definition) is 3. The Morgan fingerprint density at radius 1 is 0.857 bits per heavy atom. The van der Waals surface area contributed by atoms with Crippen LogP contribution >= 0.6 is 8.15 Å². The number of benzene rings is 3. The van der Waals surface area contributed by atoms with Crippen LogP contribution in [0, 0.1) is 5.82 Å². The van der Waals surface area contributed by atoms with Crippen molar-refractivity contribution in [1.82, 2.24) is 15.0 Å². The predicted octanol–water partition coefficient (Wildman–Crippen LogP) is 4.03. The number of halogens is 1. The van der Waals surface area contributed by atoms with Gasteiger partial charge in [-0.05, 0) is 17.7 Å². The lowest BCUT2D eigenvalue weighted by molar-refractivity contribution is 0.344. The number of nitrogens with zero attached hydrogens (tertiary/aromatic N) is 3. The summed E-state index contributed by atoms with van der Waals surface area (Å²) in [6.07, 6.45) is 1.84. The summed E-state index contributed by atoms with van der Waals surface area (Å²) in [4.78, 5) is 0. The van der Waals surface area contributed by atoms with Gasteiger partial charge in [-0.25, -0.2) is 9.07 Å². The van der Waals surface area contributed by atoms with E-state index in [2.05, 4.69) is 34.6 Å². The van der Waals surface area contributed by atoms with Crippen molar-refractivity contribution in [2.45, 2.75) is 13.2 Å². The molecule has 4 nitrogen and oxygen atoms in total. The minimum absolute atomic E-state index is 0.252. The van der Waals surface area contributed by atoms with Gasteiger partial charge in [0.15, 0.2) is 0 Å². The van der Waals surface area contributed by atoms with Gasteiger partial charge in [-0.2, -0.15) is 0 Å². The van der Waals surface area contributed by atoms with Gasteiger partial charge in [0, 0.05) is 10.6 Å². The molecule has 0 spiro atoms. The normalized spacial score (nSPS) is 11.1. The largest absolute Gasteiger partial charge is 0.343 e. The number of hydrogen-bond donors (Lipinski definition) is 0. The highest BCUT2D eigenvalue weighted by Crippen LogP contribution is 2.35. The Morgan fingerprint density at radius 2 is 1.54 bits per heavy atom. The number of aromatic nitrogens is 3. The lowest BCUT2D eigenvalue weighted by atomic mass is 10.2. The zero-order valence-corrected chi connectivity index (χ0v) is 16.0.